The van der Waals surface area contributed by atoms with Crippen LogP contribution < -0.4 is 10.3 Å². The van der Waals surface area contributed by atoms with E-state index in [4.69, 9.17) is 4.74 Å². The second kappa shape index (κ2) is 5.29. The molecule has 3 rings (SSSR count). The number of methoxy groups -OCH3 is 1. The first-order valence-electron chi connectivity index (χ1n) is 7.07. The second-order valence-corrected chi connectivity index (χ2v) is 5.56. The van der Waals surface area contributed by atoms with Crippen molar-refractivity contribution in [2.24, 2.45) is 0 Å². The van der Waals surface area contributed by atoms with E-state index >= 15 is 0 Å². The van der Waals surface area contributed by atoms with E-state index in [1.165, 1.54) is 5.56 Å². The van der Waals surface area contributed by atoms with Gasteiger partial charge in [-0.15, -0.1) is 0 Å². The summed E-state index contributed by atoms with van der Waals surface area (Å²) in [4.78, 5) is 17.2. The van der Waals surface area contributed by atoms with Gasteiger partial charge in [-0.05, 0) is 62.0 Å². The number of aromatic nitrogens is 1. The predicted molar refractivity (Wildman–Crippen MR) is 80.6 cm³/mol. The average Bonchev–Trinajstić information content (AvgIpc) is 2.49. The van der Waals surface area contributed by atoms with Crippen LogP contribution in [0.15, 0.2) is 29.2 Å². The minimum atomic E-state index is -0.0458. The Kier molecular flexibility index (Phi) is 3.49. The first-order valence-corrected chi connectivity index (χ1v) is 7.07. The van der Waals surface area contributed by atoms with Crippen LogP contribution in [0.25, 0.3) is 10.8 Å². The molecule has 0 spiro atoms. The Morgan fingerprint density at radius 1 is 1.25 bits per heavy atom. The number of fused-ring (bicyclic) bond motifs is 1. The number of aromatic amines is 1. The van der Waals surface area contributed by atoms with Gasteiger partial charge >= 0.3 is 0 Å². The van der Waals surface area contributed by atoms with Crippen molar-refractivity contribution in [3.05, 3.63) is 40.3 Å². The molecule has 0 unspecified atom stereocenters. The Morgan fingerprint density at radius 2 is 2.00 bits per heavy atom. The molecular formula is C16H20N2O2. The lowest BCUT2D eigenvalue weighted by Crippen LogP contribution is -2.29. The Bertz CT molecular complexity index is 670. The molecular weight excluding hydrogens is 252 g/mol. The minimum Gasteiger partial charge on any atom is -0.497 e. The molecule has 1 fully saturated rings. The Balaban J connectivity index is 2.08. The monoisotopic (exact) mass is 272 g/mol. The summed E-state index contributed by atoms with van der Waals surface area (Å²) in [7, 11) is 3.78. The largest absolute Gasteiger partial charge is 0.497 e. The highest BCUT2D eigenvalue weighted by Gasteiger charge is 2.20. The summed E-state index contributed by atoms with van der Waals surface area (Å²) in [6.07, 6.45) is 4.18. The van der Waals surface area contributed by atoms with Crippen LogP contribution in [0.3, 0.4) is 0 Å². The summed E-state index contributed by atoms with van der Waals surface area (Å²) in [5.41, 5.74) is 1.21. The van der Waals surface area contributed by atoms with E-state index in [-0.39, 0.29) is 5.56 Å². The molecule has 2 aromatic rings. The van der Waals surface area contributed by atoms with Crippen LogP contribution in [0, 0.1) is 0 Å². The minimum absolute atomic E-state index is 0.0458. The van der Waals surface area contributed by atoms with E-state index in [0.717, 1.165) is 42.5 Å². The SMILES string of the molecule is COc1ccc2c(C3CCN(C)CC3)c[nH]c(=O)c2c1. The summed E-state index contributed by atoms with van der Waals surface area (Å²) >= 11 is 0. The van der Waals surface area contributed by atoms with Gasteiger partial charge in [0.2, 0.25) is 0 Å². The summed E-state index contributed by atoms with van der Waals surface area (Å²) in [6, 6.07) is 5.77. The number of rotatable bonds is 2. The van der Waals surface area contributed by atoms with Gasteiger partial charge in [-0.2, -0.15) is 0 Å². The molecule has 0 amide bonds. The van der Waals surface area contributed by atoms with Gasteiger partial charge in [-0.3, -0.25) is 4.79 Å². The Labute approximate surface area is 118 Å². The molecule has 1 aromatic carbocycles. The number of nitrogens with zero attached hydrogens (tertiary/aromatic N) is 1. The molecule has 1 aliphatic heterocycles. The number of nitrogens with one attached hydrogen (secondary N) is 1. The topological polar surface area (TPSA) is 45.3 Å². The van der Waals surface area contributed by atoms with Crippen LogP contribution in [0.2, 0.25) is 0 Å². The van der Waals surface area contributed by atoms with Crippen molar-refractivity contribution in [1.82, 2.24) is 9.88 Å². The van der Waals surface area contributed by atoms with E-state index in [0.29, 0.717) is 5.92 Å². The van der Waals surface area contributed by atoms with Gasteiger partial charge in [0.15, 0.2) is 0 Å². The van der Waals surface area contributed by atoms with E-state index < -0.39 is 0 Å². The molecule has 0 atom stereocenters. The standard InChI is InChI=1S/C16H20N2O2/c1-18-7-5-11(6-8-18)15-10-17-16(19)14-9-12(20-2)3-4-13(14)15/h3-4,9-11H,5-8H2,1-2H3,(H,17,19). The lowest BCUT2D eigenvalue weighted by atomic mass is 9.88. The summed E-state index contributed by atoms with van der Waals surface area (Å²) < 4.78 is 5.22. The first kappa shape index (κ1) is 13.2. The van der Waals surface area contributed by atoms with E-state index in [9.17, 15) is 4.79 Å². The van der Waals surface area contributed by atoms with Crippen LogP contribution >= 0.6 is 0 Å². The molecule has 0 bridgehead atoms. The number of hydrogen-bond acceptors (Lipinski definition) is 3. The van der Waals surface area contributed by atoms with Crippen LogP contribution in [-0.2, 0) is 0 Å². The highest BCUT2D eigenvalue weighted by molar-refractivity contribution is 5.86. The predicted octanol–water partition coefficient (Wildman–Crippen LogP) is 2.35. The molecule has 0 radical (unpaired) electrons. The number of hydrogen-bond donors (Lipinski definition) is 1. The van der Waals surface area contributed by atoms with Gasteiger partial charge in [0.05, 0.1) is 12.5 Å². The van der Waals surface area contributed by atoms with Crippen molar-refractivity contribution in [2.45, 2.75) is 18.8 Å². The third kappa shape index (κ3) is 2.31. The average molecular weight is 272 g/mol. The normalized spacial score (nSPS) is 17.5. The molecule has 1 saturated heterocycles. The van der Waals surface area contributed by atoms with Crippen LogP contribution in [0.1, 0.15) is 24.3 Å². The number of benzene rings is 1. The van der Waals surface area contributed by atoms with Gasteiger partial charge in [0, 0.05) is 6.20 Å². The van der Waals surface area contributed by atoms with E-state index in [1.807, 2.05) is 24.4 Å². The fraction of sp³-hybridized carbons (Fsp3) is 0.438. The zero-order chi connectivity index (χ0) is 14.1. The van der Waals surface area contributed by atoms with Crippen molar-refractivity contribution in [2.75, 3.05) is 27.2 Å². The molecule has 1 aromatic heterocycles. The van der Waals surface area contributed by atoms with Crippen molar-refractivity contribution in [1.29, 1.82) is 0 Å². The fourth-order valence-electron chi connectivity index (χ4n) is 3.05. The van der Waals surface area contributed by atoms with Gasteiger partial charge in [-0.1, -0.05) is 6.07 Å². The van der Waals surface area contributed by atoms with Crippen LogP contribution in [0.4, 0.5) is 0 Å². The second-order valence-electron chi connectivity index (χ2n) is 5.56. The third-order valence-electron chi connectivity index (χ3n) is 4.30. The van der Waals surface area contributed by atoms with Gasteiger partial charge in [0.1, 0.15) is 5.75 Å². The summed E-state index contributed by atoms with van der Waals surface area (Å²) in [5, 5.41) is 1.78. The van der Waals surface area contributed by atoms with Crippen molar-refractivity contribution in [3.8, 4) is 5.75 Å². The molecule has 0 aliphatic carbocycles. The van der Waals surface area contributed by atoms with Crippen molar-refractivity contribution in [3.63, 3.8) is 0 Å². The molecule has 1 N–H and O–H groups in total. The van der Waals surface area contributed by atoms with E-state index in [1.54, 1.807) is 7.11 Å². The molecule has 4 nitrogen and oxygen atoms in total. The number of ether oxygens (including phenoxy) is 1. The first-order chi connectivity index (χ1) is 9.69. The Morgan fingerprint density at radius 3 is 2.70 bits per heavy atom. The van der Waals surface area contributed by atoms with Crippen LogP contribution in [-0.4, -0.2) is 37.1 Å². The number of pyridine rings is 1. The zero-order valence-corrected chi connectivity index (χ0v) is 12.0. The van der Waals surface area contributed by atoms with Crippen molar-refractivity contribution < 1.29 is 4.74 Å². The zero-order valence-electron chi connectivity index (χ0n) is 12.0. The highest BCUT2D eigenvalue weighted by Crippen LogP contribution is 2.32. The lowest BCUT2D eigenvalue weighted by Gasteiger charge is -2.29. The Hall–Kier alpha value is -1.81. The van der Waals surface area contributed by atoms with Gasteiger partial charge in [0.25, 0.3) is 5.56 Å². The summed E-state index contributed by atoms with van der Waals surface area (Å²) in [5.74, 6) is 1.25. The maximum Gasteiger partial charge on any atom is 0.255 e. The highest BCUT2D eigenvalue weighted by atomic mass is 16.5. The molecule has 1 aliphatic rings. The third-order valence-corrected chi connectivity index (χ3v) is 4.30. The van der Waals surface area contributed by atoms with E-state index in [2.05, 4.69) is 16.9 Å². The van der Waals surface area contributed by atoms with Gasteiger partial charge in [-0.25, -0.2) is 0 Å². The number of likely N-dealkylation sites (tertiary alicyclic amines) is 1. The fourth-order valence-corrected chi connectivity index (χ4v) is 3.05. The molecule has 106 valence electrons. The molecule has 2 heterocycles. The van der Waals surface area contributed by atoms with Crippen molar-refractivity contribution >= 4 is 10.8 Å². The van der Waals surface area contributed by atoms with Crippen LogP contribution in [0.5, 0.6) is 5.75 Å². The molecule has 4 heteroatoms. The maximum absolute atomic E-state index is 12.0. The lowest BCUT2D eigenvalue weighted by molar-refractivity contribution is 0.256. The molecule has 20 heavy (non-hydrogen) atoms. The smallest absolute Gasteiger partial charge is 0.255 e. The summed E-state index contributed by atoms with van der Waals surface area (Å²) in [6.45, 7) is 2.23. The quantitative estimate of drug-likeness (QED) is 0.912. The molecule has 0 saturated carbocycles. The number of H-pyrrole nitrogens is 1. The van der Waals surface area contributed by atoms with Gasteiger partial charge < -0.3 is 14.6 Å². The number of piperidine rings is 1. The maximum atomic E-state index is 12.0.